The molecule has 0 fully saturated rings. The summed E-state index contributed by atoms with van der Waals surface area (Å²) in [4.78, 5) is 2.17. The number of para-hydroxylation sites is 1. The van der Waals surface area contributed by atoms with E-state index in [0.717, 1.165) is 35.6 Å². The number of hydrogen-bond donors (Lipinski definition) is 0. The summed E-state index contributed by atoms with van der Waals surface area (Å²) in [6, 6.07) is 10.3. The number of aryl methyl sites for hydroxylation is 1. The van der Waals surface area contributed by atoms with Gasteiger partial charge >= 0.3 is 0 Å². The molecule has 0 atom stereocenters. The van der Waals surface area contributed by atoms with Crippen LogP contribution >= 0.6 is 0 Å². The zero-order chi connectivity index (χ0) is 12.7. The molecular formula is C14H14N4. The number of rotatable bonds is 1. The van der Waals surface area contributed by atoms with E-state index in [0.29, 0.717) is 5.69 Å². The van der Waals surface area contributed by atoms with E-state index in [9.17, 15) is 5.26 Å². The molecule has 1 aromatic carbocycles. The van der Waals surface area contributed by atoms with Crippen molar-refractivity contribution in [2.75, 3.05) is 7.05 Å². The molecule has 2 aromatic rings. The Bertz CT molecular complexity index is 648. The predicted octanol–water partition coefficient (Wildman–Crippen LogP) is 2.00. The minimum atomic E-state index is 0.670. The van der Waals surface area contributed by atoms with Crippen molar-refractivity contribution in [3.05, 3.63) is 46.8 Å². The van der Waals surface area contributed by atoms with E-state index in [-0.39, 0.29) is 0 Å². The summed E-state index contributed by atoms with van der Waals surface area (Å²) in [5.74, 6) is 0. The topological polar surface area (TPSA) is 44.9 Å². The fourth-order valence-corrected chi connectivity index (χ4v) is 2.46. The van der Waals surface area contributed by atoms with Crippen molar-refractivity contribution in [1.82, 2.24) is 14.7 Å². The molecule has 0 saturated carbocycles. The Hall–Kier alpha value is -2.12. The molecule has 0 spiro atoms. The number of nitrogens with zero attached hydrogens (tertiary/aromatic N) is 4. The SMILES string of the molecule is Cc1ccccc1-n1nc2c(c1C#N)CN(C)C2. The molecular weight excluding hydrogens is 224 g/mol. The van der Waals surface area contributed by atoms with Crippen LogP contribution in [0, 0.1) is 18.3 Å². The van der Waals surface area contributed by atoms with Gasteiger partial charge in [-0.2, -0.15) is 10.4 Å². The maximum absolute atomic E-state index is 9.38. The molecule has 3 rings (SSSR count). The summed E-state index contributed by atoms with van der Waals surface area (Å²) in [6.45, 7) is 3.67. The molecule has 90 valence electrons. The average molecular weight is 238 g/mol. The van der Waals surface area contributed by atoms with Crippen LogP contribution in [0.15, 0.2) is 24.3 Å². The van der Waals surface area contributed by atoms with Crippen molar-refractivity contribution in [1.29, 1.82) is 5.26 Å². The second kappa shape index (κ2) is 3.97. The van der Waals surface area contributed by atoms with Gasteiger partial charge in [0.25, 0.3) is 0 Å². The van der Waals surface area contributed by atoms with E-state index in [1.807, 2.05) is 38.2 Å². The third kappa shape index (κ3) is 1.52. The van der Waals surface area contributed by atoms with Crippen LogP contribution in [0.2, 0.25) is 0 Å². The van der Waals surface area contributed by atoms with Gasteiger partial charge < -0.3 is 0 Å². The van der Waals surface area contributed by atoms with Gasteiger partial charge in [0.05, 0.1) is 11.4 Å². The first-order valence-corrected chi connectivity index (χ1v) is 5.96. The molecule has 1 aliphatic heterocycles. The average Bonchev–Trinajstić information content (AvgIpc) is 2.85. The molecule has 0 N–H and O–H groups in total. The van der Waals surface area contributed by atoms with E-state index in [2.05, 4.69) is 16.1 Å². The zero-order valence-corrected chi connectivity index (χ0v) is 10.5. The molecule has 18 heavy (non-hydrogen) atoms. The predicted molar refractivity (Wildman–Crippen MR) is 68.2 cm³/mol. The van der Waals surface area contributed by atoms with Crippen molar-refractivity contribution in [2.24, 2.45) is 0 Å². The first kappa shape index (κ1) is 11.0. The van der Waals surface area contributed by atoms with Crippen molar-refractivity contribution >= 4 is 0 Å². The van der Waals surface area contributed by atoms with Gasteiger partial charge in [-0.25, -0.2) is 4.68 Å². The molecule has 4 nitrogen and oxygen atoms in total. The lowest BCUT2D eigenvalue weighted by Crippen LogP contribution is -2.12. The fraction of sp³-hybridized carbons (Fsp3) is 0.286. The maximum Gasteiger partial charge on any atom is 0.149 e. The molecule has 4 heteroatoms. The highest BCUT2D eigenvalue weighted by Gasteiger charge is 2.26. The molecule has 0 saturated heterocycles. The molecule has 1 aliphatic rings. The first-order chi connectivity index (χ1) is 8.70. The smallest absolute Gasteiger partial charge is 0.149 e. The van der Waals surface area contributed by atoms with Crippen LogP contribution in [-0.2, 0) is 13.1 Å². The monoisotopic (exact) mass is 238 g/mol. The van der Waals surface area contributed by atoms with Gasteiger partial charge in [0.2, 0.25) is 0 Å². The molecule has 0 unspecified atom stereocenters. The third-order valence-electron chi connectivity index (χ3n) is 3.36. The van der Waals surface area contributed by atoms with Gasteiger partial charge in [-0.05, 0) is 25.6 Å². The highest BCUT2D eigenvalue weighted by atomic mass is 15.3. The lowest BCUT2D eigenvalue weighted by molar-refractivity contribution is 0.347. The highest BCUT2D eigenvalue weighted by molar-refractivity contribution is 5.47. The van der Waals surface area contributed by atoms with E-state index in [1.165, 1.54) is 0 Å². The van der Waals surface area contributed by atoms with Crippen LogP contribution < -0.4 is 0 Å². The first-order valence-electron chi connectivity index (χ1n) is 5.96. The standard InChI is InChI=1S/C14H14N4/c1-10-5-3-4-6-13(10)18-14(7-15)11-8-17(2)9-12(11)16-18/h3-6H,8-9H2,1-2H3. The Morgan fingerprint density at radius 1 is 1.28 bits per heavy atom. The molecule has 0 aliphatic carbocycles. The van der Waals surface area contributed by atoms with Gasteiger partial charge in [-0.3, -0.25) is 4.90 Å². The van der Waals surface area contributed by atoms with Crippen LogP contribution in [0.5, 0.6) is 0 Å². The van der Waals surface area contributed by atoms with Crippen LogP contribution in [0.3, 0.4) is 0 Å². The van der Waals surface area contributed by atoms with Crippen molar-refractivity contribution in [2.45, 2.75) is 20.0 Å². The van der Waals surface area contributed by atoms with E-state index >= 15 is 0 Å². The van der Waals surface area contributed by atoms with Crippen molar-refractivity contribution in [3.63, 3.8) is 0 Å². The number of nitriles is 1. The Morgan fingerprint density at radius 3 is 2.78 bits per heavy atom. The minimum Gasteiger partial charge on any atom is -0.296 e. The van der Waals surface area contributed by atoms with Gasteiger partial charge in [-0.15, -0.1) is 0 Å². The third-order valence-corrected chi connectivity index (χ3v) is 3.36. The lowest BCUT2D eigenvalue weighted by atomic mass is 10.2. The molecule has 0 radical (unpaired) electrons. The highest BCUT2D eigenvalue weighted by Crippen LogP contribution is 2.26. The summed E-state index contributed by atoms with van der Waals surface area (Å²) in [6.07, 6.45) is 0. The summed E-state index contributed by atoms with van der Waals surface area (Å²) in [5.41, 5.74) is 4.89. The summed E-state index contributed by atoms with van der Waals surface area (Å²) in [5, 5.41) is 14.0. The molecule has 0 amide bonds. The van der Waals surface area contributed by atoms with E-state index < -0.39 is 0 Å². The van der Waals surface area contributed by atoms with Gasteiger partial charge in [0.1, 0.15) is 11.8 Å². The number of hydrogen-bond acceptors (Lipinski definition) is 3. The number of aromatic nitrogens is 2. The fourth-order valence-electron chi connectivity index (χ4n) is 2.46. The number of benzene rings is 1. The van der Waals surface area contributed by atoms with Gasteiger partial charge in [0.15, 0.2) is 0 Å². The summed E-state index contributed by atoms with van der Waals surface area (Å²) >= 11 is 0. The van der Waals surface area contributed by atoms with Crippen molar-refractivity contribution < 1.29 is 0 Å². The summed E-state index contributed by atoms with van der Waals surface area (Å²) < 4.78 is 1.78. The number of fused-ring (bicyclic) bond motifs is 1. The van der Waals surface area contributed by atoms with Crippen molar-refractivity contribution in [3.8, 4) is 11.8 Å². The largest absolute Gasteiger partial charge is 0.296 e. The van der Waals surface area contributed by atoms with Crippen LogP contribution in [0.1, 0.15) is 22.5 Å². The molecule has 2 heterocycles. The molecule has 1 aromatic heterocycles. The lowest BCUT2D eigenvalue weighted by Gasteiger charge is -2.10. The zero-order valence-electron chi connectivity index (χ0n) is 10.5. The molecule has 0 bridgehead atoms. The van der Waals surface area contributed by atoms with Crippen LogP contribution in [0.4, 0.5) is 0 Å². The Morgan fingerprint density at radius 2 is 2.06 bits per heavy atom. The van der Waals surface area contributed by atoms with E-state index in [4.69, 9.17) is 0 Å². The Labute approximate surface area is 106 Å². The quantitative estimate of drug-likeness (QED) is 0.763. The van der Waals surface area contributed by atoms with E-state index in [1.54, 1.807) is 4.68 Å². The second-order valence-electron chi connectivity index (χ2n) is 4.76. The van der Waals surface area contributed by atoms with Gasteiger partial charge in [-0.1, -0.05) is 18.2 Å². The summed E-state index contributed by atoms with van der Waals surface area (Å²) in [7, 11) is 2.04. The van der Waals surface area contributed by atoms with Crippen LogP contribution in [-0.4, -0.2) is 21.7 Å². The second-order valence-corrected chi connectivity index (χ2v) is 4.76. The maximum atomic E-state index is 9.38. The minimum absolute atomic E-state index is 0.670. The van der Waals surface area contributed by atoms with Gasteiger partial charge in [0, 0.05) is 18.7 Å². The normalized spacial score (nSPS) is 14.5. The van der Waals surface area contributed by atoms with Crippen LogP contribution in [0.25, 0.3) is 5.69 Å². The Kier molecular flexibility index (Phi) is 2.42. The Balaban J connectivity index is 2.19.